The molecular weight excluding hydrogens is 266 g/mol. The van der Waals surface area contributed by atoms with Crippen LogP contribution >= 0.6 is 11.3 Å². The van der Waals surface area contributed by atoms with Crippen molar-refractivity contribution in [2.24, 2.45) is 0 Å². The van der Waals surface area contributed by atoms with Crippen LogP contribution in [0.1, 0.15) is 56.7 Å². The predicted molar refractivity (Wildman–Crippen MR) is 85.2 cm³/mol. The molecule has 0 amide bonds. The SMILES string of the molecule is Cc1nc(CN2CC(C)(C)NCC23CCCCC3)cs1. The summed E-state index contributed by atoms with van der Waals surface area (Å²) in [6.45, 7) is 10.0. The van der Waals surface area contributed by atoms with Crippen molar-refractivity contribution in [1.82, 2.24) is 15.2 Å². The van der Waals surface area contributed by atoms with Gasteiger partial charge in [0.15, 0.2) is 0 Å². The standard InChI is InChI=1S/C16H27N3S/c1-13-18-14(10-20-13)9-19-12-15(2,3)17-11-16(19)7-5-4-6-8-16/h10,17H,4-9,11-12H2,1-3H3. The topological polar surface area (TPSA) is 28.2 Å². The smallest absolute Gasteiger partial charge is 0.0897 e. The van der Waals surface area contributed by atoms with Crippen molar-refractivity contribution in [2.45, 2.75) is 70.5 Å². The van der Waals surface area contributed by atoms with Gasteiger partial charge >= 0.3 is 0 Å². The van der Waals surface area contributed by atoms with E-state index in [9.17, 15) is 0 Å². The second-order valence-corrected chi connectivity index (χ2v) is 8.30. The Morgan fingerprint density at radius 2 is 2.05 bits per heavy atom. The summed E-state index contributed by atoms with van der Waals surface area (Å²) in [6.07, 6.45) is 6.87. The summed E-state index contributed by atoms with van der Waals surface area (Å²) in [6, 6.07) is 0. The number of aromatic nitrogens is 1. The van der Waals surface area contributed by atoms with E-state index in [0.717, 1.165) is 19.6 Å². The van der Waals surface area contributed by atoms with Gasteiger partial charge < -0.3 is 5.32 Å². The zero-order valence-electron chi connectivity index (χ0n) is 13.0. The van der Waals surface area contributed by atoms with E-state index in [1.165, 1.54) is 42.8 Å². The molecule has 4 heteroatoms. The van der Waals surface area contributed by atoms with Crippen molar-refractivity contribution in [3.05, 3.63) is 16.1 Å². The van der Waals surface area contributed by atoms with E-state index in [0.29, 0.717) is 5.54 Å². The minimum atomic E-state index is 0.216. The lowest BCUT2D eigenvalue weighted by atomic mass is 9.77. The van der Waals surface area contributed by atoms with Gasteiger partial charge in [-0.15, -0.1) is 11.3 Å². The average molecular weight is 293 g/mol. The van der Waals surface area contributed by atoms with Crippen LogP contribution < -0.4 is 5.32 Å². The minimum Gasteiger partial charge on any atom is -0.309 e. The van der Waals surface area contributed by atoms with Gasteiger partial charge in [0.05, 0.1) is 10.7 Å². The van der Waals surface area contributed by atoms with E-state index in [-0.39, 0.29) is 5.54 Å². The van der Waals surface area contributed by atoms with Crippen LogP contribution in [0.15, 0.2) is 5.38 Å². The number of thiazole rings is 1. The monoisotopic (exact) mass is 293 g/mol. The van der Waals surface area contributed by atoms with E-state index < -0.39 is 0 Å². The predicted octanol–water partition coefficient (Wildman–Crippen LogP) is 3.34. The van der Waals surface area contributed by atoms with Crippen LogP contribution in [0.25, 0.3) is 0 Å². The Morgan fingerprint density at radius 3 is 2.70 bits per heavy atom. The fourth-order valence-corrected chi connectivity index (χ4v) is 4.42. The maximum atomic E-state index is 4.69. The van der Waals surface area contributed by atoms with Gasteiger partial charge in [0.1, 0.15) is 0 Å². The summed E-state index contributed by atoms with van der Waals surface area (Å²) in [4.78, 5) is 7.42. The number of piperazine rings is 1. The van der Waals surface area contributed by atoms with E-state index in [1.54, 1.807) is 11.3 Å². The summed E-state index contributed by atoms with van der Waals surface area (Å²) in [5.41, 5.74) is 1.86. The highest BCUT2D eigenvalue weighted by molar-refractivity contribution is 7.09. The molecule has 3 nitrogen and oxygen atoms in total. The zero-order valence-corrected chi connectivity index (χ0v) is 13.9. The van der Waals surface area contributed by atoms with Crippen molar-refractivity contribution in [3.8, 4) is 0 Å². The molecule has 1 saturated carbocycles. The fourth-order valence-electron chi connectivity index (χ4n) is 3.82. The molecule has 1 aliphatic carbocycles. The number of aryl methyl sites for hydroxylation is 1. The van der Waals surface area contributed by atoms with Crippen LogP contribution in [0.2, 0.25) is 0 Å². The third kappa shape index (κ3) is 2.92. The lowest BCUT2D eigenvalue weighted by molar-refractivity contribution is -0.0168. The van der Waals surface area contributed by atoms with Gasteiger partial charge in [0.2, 0.25) is 0 Å². The van der Waals surface area contributed by atoms with Gasteiger partial charge in [0.25, 0.3) is 0 Å². The Morgan fingerprint density at radius 1 is 1.30 bits per heavy atom. The molecule has 0 atom stereocenters. The first-order valence-corrected chi connectivity index (χ1v) is 8.78. The van der Waals surface area contributed by atoms with Gasteiger partial charge in [0, 0.05) is 36.1 Å². The fraction of sp³-hybridized carbons (Fsp3) is 0.812. The lowest BCUT2D eigenvalue weighted by Crippen LogP contribution is -2.68. The highest BCUT2D eigenvalue weighted by Gasteiger charge is 2.44. The minimum absolute atomic E-state index is 0.216. The molecule has 0 unspecified atom stereocenters. The second kappa shape index (κ2) is 5.39. The van der Waals surface area contributed by atoms with Crippen LogP contribution in [0.5, 0.6) is 0 Å². The third-order valence-electron chi connectivity index (χ3n) is 4.96. The molecule has 2 fully saturated rings. The van der Waals surface area contributed by atoms with Gasteiger partial charge in [-0.25, -0.2) is 4.98 Å². The second-order valence-electron chi connectivity index (χ2n) is 7.24. The first-order chi connectivity index (χ1) is 9.49. The summed E-state index contributed by atoms with van der Waals surface area (Å²) in [5.74, 6) is 0. The molecule has 0 bridgehead atoms. The van der Waals surface area contributed by atoms with E-state index in [1.807, 2.05) is 0 Å². The Bertz CT molecular complexity index is 460. The van der Waals surface area contributed by atoms with E-state index in [4.69, 9.17) is 0 Å². The van der Waals surface area contributed by atoms with Crippen molar-refractivity contribution >= 4 is 11.3 Å². The zero-order chi connectivity index (χ0) is 14.2. The lowest BCUT2D eigenvalue weighted by Gasteiger charge is -2.54. The van der Waals surface area contributed by atoms with Crippen LogP contribution in [0, 0.1) is 6.92 Å². The van der Waals surface area contributed by atoms with Crippen LogP contribution in [0.4, 0.5) is 0 Å². The molecule has 2 aliphatic rings. The highest BCUT2D eigenvalue weighted by Crippen LogP contribution is 2.37. The third-order valence-corrected chi connectivity index (χ3v) is 5.78. The van der Waals surface area contributed by atoms with Gasteiger partial charge in [-0.3, -0.25) is 4.90 Å². The first kappa shape index (κ1) is 14.5. The average Bonchev–Trinajstić information content (AvgIpc) is 2.81. The Hall–Kier alpha value is -0.450. The molecule has 3 rings (SSSR count). The molecule has 0 radical (unpaired) electrons. The van der Waals surface area contributed by atoms with Crippen molar-refractivity contribution < 1.29 is 0 Å². The van der Waals surface area contributed by atoms with Crippen LogP contribution in [0.3, 0.4) is 0 Å². The van der Waals surface area contributed by atoms with Gasteiger partial charge in [-0.1, -0.05) is 19.3 Å². The molecule has 2 heterocycles. The van der Waals surface area contributed by atoms with Crippen LogP contribution in [-0.4, -0.2) is 34.1 Å². The molecule has 0 aromatic carbocycles. The summed E-state index contributed by atoms with van der Waals surface area (Å²) in [7, 11) is 0. The first-order valence-electron chi connectivity index (χ1n) is 7.90. The molecule has 112 valence electrons. The molecule has 1 aliphatic heterocycles. The molecule has 20 heavy (non-hydrogen) atoms. The molecule has 1 spiro atoms. The Labute approximate surface area is 126 Å². The molecular formula is C16H27N3S. The van der Waals surface area contributed by atoms with Gasteiger partial charge in [-0.2, -0.15) is 0 Å². The maximum Gasteiger partial charge on any atom is 0.0897 e. The van der Waals surface area contributed by atoms with Crippen LogP contribution in [-0.2, 0) is 6.54 Å². The summed E-state index contributed by atoms with van der Waals surface area (Å²) >= 11 is 1.77. The summed E-state index contributed by atoms with van der Waals surface area (Å²) in [5, 5.41) is 7.20. The number of nitrogens with zero attached hydrogens (tertiary/aromatic N) is 2. The largest absolute Gasteiger partial charge is 0.309 e. The van der Waals surface area contributed by atoms with Crippen molar-refractivity contribution in [2.75, 3.05) is 13.1 Å². The van der Waals surface area contributed by atoms with Gasteiger partial charge in [-0.05, 0) is 33.6 Å². The molecule has 1 aromatic rings. The quantitative estimate of drug-likeness (QED) is 0.906. The highest BCUT2D eigenvalue weighted by atomic mass is 32.1. The summed E-state index contributed by atoms with van der Waals surface area (Å²) < 4.78 is 0. The molecule has 1 saturated heterocycles. The number of nitrogens with one attached hydrogen (secondary N) is 1. The maximum absolute atomic E-state index is 4.69. The Kier molecular flexibility index (Phi) is 3.91. The van der Waals surface area contributed by atoms with E-state index >= 15 is 0 Å². The number of hydrogen-bond donors (Lipinski definition) is 1. The number of rotatable bonds is 2. The Balaban J connectivity index is 1.81. The number of hydrogen-bond acceptors (Lipinski definition) is 4. The van der Waals surface area contributed by atoms with Crippen molar-refractivity contribution in [1.29, 1.82) is 0 Å². The molecule has 1 N–H and O–H groups in total. The van der Waals surface area contributed by atoms with Crippen molar-refractivity contribution in [3.63, 3.8) is 0 Å². The molecule has 1 aromatic heterocycles. The normalized spacial score (nSPS) is 25.9. The van der Waals surface area contributed by atoms with E-state index in [2.05, 4.69) is 41.4 Å².